The van der Waals surface area contributed by atoms with Crippen molar-refractivity contribution < 1.29 is 22.2 Å². The molecular formula is C51H53BClN5O2Ru. The molecule has 2 aromatic heterocycles. The third-order valence-corrected chi connectivity index (χ3v) is 10.9. The molecule has 8 rings (SSSR count). The number of para-hydroxylation sites is 1. The fourth-order valence-corrected chi connectivity index (χ4v) is 8.10. The second-order valence-corrected chi connectivity index (χ2v) is 15.5. The molecule has 1 aliphatic rings. The molecule has 7 aromatic rings. The van der Waals surface area contributed by atoms with Gasteiger partial charge in [-0.3, -0.25) is 10.1 Å². The van der Waals surface area contributed by atoms with Gasteiger partial charge in [-0.2, -0.15) is 32.0 Å². The maximum absolute atomic E-state index is 11.5. The van der Waals surface area contributed by atoms with E-state index in [0.717, 1.165) is 22.8 Å². The van der Waals surface area contributed by atoms with Gasteiger partial charge in [0.15, 0.2) is 6.17 Å². The van der Waals surface area contributed by atoms with Crippen molar-refractivity contribution in [3.8, 4) is 0 Å². The van der Waals surface area contributed by atoms with Crippen molar-refractivity contribution in [1.82, 2.24) is 19.6 Å². The summed E-state index contributed by atoms with van der Waals surface area (Å²) in [5.74, 6) is 3.41. The monoisotopic (exact) mass is 915 g/mol. The van der Waals surface area contributed by atoms with Crippen LogP contribution in [0.1, 0.15) is 55.3 Å². The normalized spacial score (nSPS) is 13.0. The molecule has 0 amide bonds. The predicted molar refractivity (Wildman–Crippen MR) is 250 cm³/mol. The van der Waals surface area contributed by atoms with E-state index in [1.807, 2.05) is 57.1 Å². The van der Waals surface area contributed by atoms with Crippen LogP contribution < -0.4 is 21.9 Å². The zero-order valence-electron chi connectivity index (χ0n) is 35.8. The molecule has 0 N–H and O–H groups in total. The second-order valence-electron chi connectivity index (χ2n) is 15.5. The van der Waals surface area contributed by atoms with E-state index >= 15 is 0 Å². The van der Waals surface area contributed by atoms with Gasteiger partial charge in [0.2, 0.25) is 0 Å². The van der Waals surface area contributed by atoms with Crippen LogP contribution in [0.15, 0.2) is 158 Å². The van der Waals surface area contributed by atoms with Crippen LogP contribution in [0.2, 0.25) is 0 Å². The fraction of sp³-hybridized carbons (Fsp3) is 0.176. The van der Waals surface area contributed by atoms with E-state index in [9.17, 15) is 10.1 Å². The summed E-state index contributed by atoms with van der Waals surface area (Å²) in [6, 6.07) is 54.2. The molecule has 0 saturated heterocycles. The standard InChI is InChI=1S/C24H20B.C17H19N5O2.C10H14.ClH.Ru/c1-5-13-21(14-6-1)25(22-15-7-2-8-16-22,23-17-9-3-10-18-23)24-19-11-4-12-20-24;1-11-9-13(3)20(18-11)17(21-14(4)10-12(2)19-21)15-7-5-6-8-16(15)22(23)24;1-8(2)10-6-4-9(3)5-7-10;;/h1-20H;5-10,17H,1-4H3;4-8H,1-3H3;1H;/q-1;;;;+2/p-1. The third kappa shape index (κ3) is 11.4. The van der Waals surface area contributed by atoms with Crippen molar-refractivity contribution in [3.63, 3.8) is 0 Å². The first-order chi connectivity index (χ1) is 29.5. The second kappa shape index (κ2) is 22.7. The van der Waals surface area contributed by atoms with E-state index in [1.165, 1.54) is 39.8 Å². The van der Waals surface area contributed by atoms with Gasteiger partial charge in [0, 0.05) is 17.5 Å². The molecule has 2 heterocycles. The molecule has 0 aliphatic heterocycles. The number of hydrogen-bond acceptors (Lipinski definition) is 4. The Kier molecular flexibility index (Phi) is 17.4. The van der Waals surface area contributed by atoms with E-state index < -0.39 is 12.3 Å². The molecule has 1 saturated carbocycles. The van der Waals surface area contributed by atoms with Gasteiger partial charge in [-0.1, -0.05) is 154 Å². The van der Waals surface area contributed by atoms with Gasteiger partial charge in [0.05, 0.1) is 21.9 Å². The Morgan fingerprint density at radius 3 is 1.21 bits per heavy atom. The van der Waals surface area contributed by atoms with Crippen LogP contribution >= 0.6 is 9.69 Å². The first-order valence-electron chi connectivity index (χ1n) is 20.4. The summed E-state index contributed by atoms with van der Waals surface area (Å²) in [6.07, 6.45) is 6.99. The molecule has 0 unspecified atom stereocenters. The Morgan fingerprint density at radius 2 is 0.902 bits per heavy atom. The van der Waals surface area contributed by atoms with Crippen LogP contribution in [-0.2, 0) is 17.3 Å². The smallest absolute Gasteiger partial charge is 0.108 e. The Hall–Kier alpha value is -5.10. The number of aryl methyl sites for hydroxylation is 4. The van der Waals surface area contributed by atoms with Crippen LogP contribution in [0.4, 0.5) is 5.69 Å². The summed E-state index contributed by atoms with van der Waals surface area (Å²) in [5, 5.41) is 20.6. The number of hydrogen-bond donors (Lipinski definition) is 0. The summed E-state index contributed by atoms with van der Waals surface area (Å²) >= 11 is 1.82. The van der Waals surface area contributed by atoms with Gasteiger partial charge < -0.3 is 0 Å². The molecule has 1 fully saturated rings. The molecule has 7 nitrogen and oxygen atoms in total. The Morgan fingerprint density at radius 1 is 0.557 bits per heavy atom. The number of halogens is 1. The molecule has 0 atom stereocenters. The van der Waals surface area contributed by atoms with Gasteiger partial charge in [0.25, 0.3) is 5.69 Å². The number of aromatic nitrogens is 4. The van der Waals surface area contributed by atoms with Crippen LogP contribution in [0.25, 0.3) is 0 Å². The maximum Gasteiger partial charge on any atom is 0.108 e. The minimum atomic E-state index is -1.22. The minimum absolute atomic E-state index is 0.0580. The van der Waals surface area contributed by atoms with Gasteiger partial charge in [-0.25, -0.2) is 9.36 Å². The first-order valence-corrected chi connectivity index (χ1v) is 22.6. The van der Waals surface area contributed by atoms with Crippen LogP contribution in [0.3, 0.4) is 0 Å². The predicted octanol–water partition coefficient (Wildman–Crippen LogP) is 9.71. The number of nitro groups is 1. The number of benzene rings is 5. The Labute approximate surface area is 377 Å². The molecule has 6 radical (unpaired) electrons. The zero-order valence-corrected chi connectivity index (χ0v) is 38.3. The van der Waals surface area contributed by atoms with Crippen LogP contribution in [0.5, 0.6) is 0 Å². The Bertz CT molecular complexity index is 2170. The molecule has 0 spiro atoms. The quantitative estimate of drug-likeness (QED) is 0.0822. The summed E-state index contributed by atoms with van der Waals surface area (Å²) in [5.41, 5.74) is 9.53. The summed E-state index contributed by atoms with van der Waals surface area (Å²) < 4.78 is 3.58. The average Bonchev–Trinajstić information content (AvgIpc) is 3.81. The summed E-state index contributed by atoms with van der Waals surface area (Å²) in [6.45, 7) is 14.2. The number of rotatable bonds is 9. The van der Waals surface area contributed by atoms with Crippen molar-refractivity contribution >= 4 is 43.4 Å². The van der Waals surface area contributed by atoms with E-state index in [1.54, 1.807) is 27.6 Å². The van der Waals surface area contributed by atoms with E-state index in [0.29, 0.717) is 11.5 Å². The molecule has 5 aromatic carbocycles. The summed E-state index contributed by atoms with van der Waals surface area (Å²) in [4.78, 5) is 11.2. The Balaban J connectivity index is 0.000000183. The minimum Gasteiger partial charge on any atom is -0.195 e. The van der Waals surface area contributed by atoms with Crippen molar-refractivity contribution in [3.05, 3.63) is 234 Å². The zero-order chi connectivity index (χ0) is 43.9. The van der Waals surface area contributed by atoms with Crippen molar-refractivity contribution in [2.75, 3.05) is 0 Å². The first kappa shape index (κ1) is 47.0. The molecule has 0 bridgehead atoms. The van der Waals surface area contributed by atoms with Crippen molar-refractivity contribution in [2.45, 2.75) is 54.6 Å². The SMILES string of the molecule is C[C]1[CH][CH][C](C(C)C)[CH][CH]1.Cc1cc(C)n(C(c2ccccc2[N+](=O)[O-])n2nc(C)cc2C)n1.[Cl][Ru+].c1ccc([B-](c2ccccc2)(c2ccccc2)c2ccccc2)cc1. The topological polar surface area (TPSA) is 78.8 Å². The fourth-order valence-electron chi connectivity index (χ4n) is 8.10. The van der Waals surface area contributed by atoms with Gasteiger partial charge in [-0.15, -0.1) is 0 Å². The molecule has 1 aliphatic carbocycles. The van der Waals surface area contributed by atoms with Gasteiger partial charge in [0.1, 0.15) is 6.15 Å². The van der Waals surface area contributed by atoms with E-state index in [-0.39, 0.29) is 10.6 Å². The third-order valence-electron chi connectivity index (χ3n) is 10.9. The number of nitrogens with zero attached hydrogens (tertiary/aromatic N) is 5. The van der Waals surface area contributed by atoms with Crippen molar-refractivity contribution in [2.24, 2.45) is 5.92 Å². The maximum atomic E-state index is 11.5. The van der Waals surface area contributed by atoms with E-state index in [4.69, 9.17) is 0 Å². The molecule has 61 heavy (non-hydrogen) atoms. The largest absolute Gasteiger partial charge is 0.195 e. The van der Waals surface area contributed by atoms with Crippen LogP contribution in [-0.4, -0.2) is 30.6 Å². The van der Waals surface area contributed by atoms with E-state index in [2.05, 4.69) is 188 Å². The summed E-state index contributed by atoms with van der Waals surface area (Å²) in [7, 11) is 4.57. The van der Waals surface area contributed by atoms with Gasteiger partial charge >= 0.3 is 27.0 Å². The average molecular weight is 915 g/mol. The van der Waals surface area contributed by atoms with Crippen molar-refractivity contribution in [1.29, 1.82) is 0 Å². The molecular weight excluding hydrogens is 862 g/mol. The molecule has 10 heteroatoms. The van der Waals surface area contributed by atoms with Gasteiger partial charge in [-0.05, 0) is 89.3 Å². The molecule has 312 valence electrons. The van der Waals surface area contributed by atoms with Crippen LogP contribution in [0, 0.1) is 81.2 Å². The number of nitro benzene ring substituents is 1.